The van der Waals surface area contributed by atoms with Gasteiger partial charge < -0.3 is 29.7 Å². The number of ether oxygens (including phenoxy) is 3. The topological polar surface area (TPSA) is 89.1 Å². The maximum Gasteiger partial charge on any atom is 0.319 e. The molecule has 0 saturated carbocycles. The number of urea groups is 1. The molecule has 8 nitrogen and oxygen atoms in total. The van der Waals surface area contributed by atoms with Crippen LogP contribution in [0.3, 0.4) is 0 Å². The van der Waals surface area contributed by atoms with Crippen LogP contribution in [0, 0.1) is 0 Å². The number of likely N-dealkylation sites (N-methyl/N-ethyl adjacent to an activating group) is 1. The van der Waals surface area contributed by atoms with Gasteiger partial charge >= 0.3 is 6.03 Å². The van der Waals surface area contributed by atoms with Gasteiger partial charge in [-0.2, -0.15) is 0 Å². The van der Waals surface area contributed by atoms with Gasteiger partial charge in [0, 0.05) is 12.2 Å². The van der Waals surface area contributed by atoms with Crippen molar-refractivity contribution in [3.63, 3.8) is 0 Å². The van der Waals surface area contributed by atoms with E-state index >= 15 is 0 Å². The molecule has 0 fully saturated rings. The molecule has 3 amide bonds. The molecule has 0 radical (unpaired) electrons. The van der Waals surface area contributed by atoms with Gasteiger partial charge in [-0.05, 0) is 37.3 Å². The van der Waals surface area contributed by atoms with E-state index in [1.54, 1.807) is 23.1 Å². The predicted octanol–water partition coefficient (Wildman–Crippen LogP) is 2.39. The van der Waals surface area contributed by atoms with Crippen molar-refractivity contribution >= 4 is 23.3 Å². The number of amides is 3. The Morgan fingerprint density at radius 1 is 1.14 bits per heavy atom. The van der Waals surface area contributed by atoms with Gasteiger partial charge in [-0.15, -0.1) is 0 Å². The van der Waals surface area contributed by atoms with Gasteiger partial charge in [0.25, 0.3) is 5.91 Å². The molecule has 2 N–H and O–H groups in total. The van der Waals surface area contributed by atoms with Gasteiger partial charge in [-0.3, -0.25) is 4.79 Å². The number of nitrogens with zero attached hydrogens (tertiary/aromatic N) is 1. The highest BCUT2D eigenvalue weighted by molar-refractivity contribution is 5.99. The fraction of sp³-hybridized carbons (Fsp3) is 0.300. The number of fused-ring (bicyclic) bond motifs is 2. The van der Waals surface area contributed by atoms with Crippen molar-refractivity contribution in [2.24, 2.45) is 0 Å². The number of nitrogens with one attached hydrogen (secondary N) is 2. The minimum atomic E-state index is -0.367. The first-order chi connectivity index (χ1) is 13.6. The zero-order valence-electron chi connectivity index (χ0n) is 15.4. The minimum Gasteiger partial charge on any atom is -0.486 e. The molecule has 1 atom stereocenters. The number of carbonyl (C=O) groups excluding carboxylic acids is 2. The predicted molar refractivity (Wildman–Crippen MR) is 103 cm³/mol. The second kappa shape index (κ2) is 7.67. The molecule has 0 saturated heterocycles. The van der Waals surface area contributed by atoms with Gasteiger partial charge in [0.1, 0.15) is 12.4 Å². The highest BCUT2D eigenvalue weighted by Crippen LogP contribution is 2.34. The van der Waals surface area contributed by atoms with E-state index in [4.69, 9.17) is 14.2 Å². The van der Waals surface area contributed by atoms with E-state index in [2.05, 4.69) is 10.6 Å². The van der Waals surface area contributed by atoms with Crippen LogP contribution in [0.1, 0.15) is 6.92 Å². The summed E-state index contributed by atoms with van der Waals surface area (Å²) in [4.78, 5) is 25.8. The number of rotatable bonds is 4. The lowest BCUT2D eigenvalue weighted by Crippen LogP contribution is -2.42. The molecule has 28 heavy (non-hydrogen) atoms. The monoisotopic (exact) mass is 383 g/mol. The lowest BCUT2D eigenvalue weighted by Gasteiger charge is -2.29. The molecule has 0 aromatic heterocycles. The highest BCUT2D eigenvalue weighted by atomic mass is 16.6. The quantitative estimate of drug-likeness (QED) is 0.846. The number of benzene rings is 2. The van der Waals surface area contributed by atoms with E-state index in [9.17, 15) is 9.59 Å². The molecular weight excluding hydrogens is 362 g/mol. The highest BCUT2D eigenvalue weighted by Gasteiger charge is 2.25. The van der Waals surface area contributed by atoms with Gasteiger partial charge in [0.2, 0.25) is 0 Å². The Hall–Kier alpha value is -3.42. The Kier molecular flexibility index (Phi) is 4.92. The van der Waals surface area contributed by atoms with Crippen LogP contribution in [0.15, 0.2) is 42.5 Å². The summed E-state index contributed by atoms with van der Waals surface area (Å²) < 4.78 is 16.9. The normalized spacial score (nSPS) is 17.4. The molecule has 8 heteroatoms. The fourth-order valence-corrected chi connectivity index (χ4v) is 3.17. The molecule has 4 rings (SSSR count). The van der Waals surface area contributed by atoms with Crippen LogP contribution in [0.2, 0.25) is 0 Å². The maximum atomic E-state index is 12.3. The van der Waals surface area contributed by atoms with Gasteiger partial charge in [-0.25, -0.2) is 4.79 Å². The Bertz CT molecular complexity index is 901. The van der Waals surface area contributed by atoms with Crippen molar-refractivity contribution < 1.29 is 23.8 Å². The van der Waals surface area contributed by atoms with Crippen LogP contribution in [0.5, 0.6) is 17.2 Å². The third-order valence-electron chi connectivity index (χ3n) is 4.53. The first-order valence-electron chi connectivity index (χ1n) is 9.14. The second-order valence-corrected chi connectivity index (χ2v) is 6.44. The molecule has 0 spiro atoms. The third-order valence-corrected chi connectivity index (χ3v) is 4.53. The van der Waals surface area contributed by atoms with Crippen molar-refractivity contribution in [1.29, 1.82) is 0 Å². The van der Waals surface area contributed by atoms with E-state index in [1.807, 2.05) is 31.2 Å². The van der Waals surface area contributed by atoms with Gasteiger partial charge in [-0.1, -0.05) is 12.1 Å². The Morgan fingerprint density at radius 3 is 2.79 bits per heavy atom. The zero-order valence-corrected chi connectivity index (χ0v) is 15.4. The fourth-order valence-electron chi connectivity index (χ4n) is 3.17. The van der Waals surface area contributed by atoms with E-state index in [1.165, 1.54) is 0 Å². The summed E-state index contributed by atoms with van der Waals surface area (Å²) >= 11 is 0. The number of hydrogen-bond donors (Lipinski definition) is 2. The lowest BCUT2D eigenvalue weighted by atomic mass is 10.2. The molecule has 2 aliphatic rings. The largest absolute Gasteiger partial charge is 0.486 e. The number of para-hydroxylation sites is 2. The number of carbonyl (C=O) groups is 2. The summed E-state index contributed by atoms with van der Waals surface area (Å²) in [6.07, 6.45) is -0.272. The van der Waals surface area contributed by atoms with Gasteiger partial charge in [0.15, 0.2) is 24.2 Å². The van der Waals surface area contributed by atoms with Crippen molar-refractivity contribution in [1.82, 2.24) is 5.32 Å². The second-order valence-electron chi connectivity index (χ2n) is 6.44. The lowest BCUT2D eigenvalue weighted by molar-refractivity contribution is -0.121. The van der Waals surface area contributed by atoms with Crippen molar-refractivity contribution in [2.75, 3.05) is 36.5 Å². The summed E-state index contributed by atoms with van der Waals surface area (Å²) in [5.41, 5.74) is 1.22. The first-order valence-corrected chi connectivity index (χ1v) is 9.14. The van der Waals surface area contributed by atoms with E-state index in [0.29, 0.717) is 48.3 Å². The van der Waals surface area contributed by atoms with Crippen LogP contribution in [-0.4, -0.2) is 44.3 Å². The third kappa shape index (κ3) is 3.66. The summed E-state index contributed by atoms with van der Waals surface area (Å²) in [6, 6.07) is 12.3. The van der Waals surface area contributed by atoms with Crippen molar-refractivity contribution in [3.8, 4) is 17.2 Å². The van der Waals surface area contributed by atoms with E-state index < -0.39 is 0 Å². The molecule has 0 bridgehead atoms. The summed E-state index contributed by atoms with van der Waals surface area (Å²) in [7, 11) is 0. The van der Waals surface area contributed by atoms with Crippen LogP contribution in [0.25, 0.3) is 0 Å². The van der Waals surface area contributed by atoms with E-state index in [-0.39, 0.29) is 24.6 Å². The molecule has 2 aromatic rings. The molecule has 146 valence electrons. The molecule has 0 aliphatic carbocycles. The average molecular weight is 383 g/mol. The van der Waals surface area contributed by atoms with Crippen molar-refractivity contribution in [3.05, 3.63) is 42.5 Å². The molecule has 2 heterocycles. The smallest absolute Gasteiger partial charge is 0.319 e. The summed E-state index contributed by atoms with van der Waals surface area (Å²) in [5, 5.41) is 5.55. The van der Waals surface area contributed by atoms with Crippen LogP contribution in [0.4, 0.5) is 16.2 Å². The van der Waals surface area contributed by atoms with Gasteiger partial charge in [0.05, 0.1) is 12.2 Å². The average Bonchev–Trinajstić information content (AvgIpc) is 2.72. The number of hydrogen-bond acceptors (Lipinski definition) is 5. The van der Waals surface area contributed by atoms with Crippen molar-refractivity contribution in [2.45, 2.75) is 13.0 Å². The SMILES string of the molecule is CCN1C(=O)COc2ccc(NC(=O)NCC3COc4ccccc4O3)cc21. The standard InChI is InChI=1S/C20H21N3O5/c1-2-23-15-9-13(7-8-16(15)27-12-19(23)24)22-20(25)21-10-14-11-26-17-5-3-4-6-18(17)28-14/h3-9,14H,2,10-12H2,1H3,(H2,21,22,25). The molecular formula is C20H21N3O5. The Balaban J connectivity index is 1.35. The molecule has 1 unspecified atom stereocenters. The maximum absolute atomic E-state index is 12.3. The summed E-state index contributed by atoms with van der Waals surface area (Å²) in [5.74, 6) is 1.89. The zero-order chi connectivity index (χ0) is 19.5. The minimum absolute atomic E-state index is 0.0285. The Morgan fingerprint density at radius 2 is 1.96 bits per heavy atom. The summed E-state index contributed by atoms with van der Waals surface area (Å²) in [6.45, 7) is 3.12. The Labute approximate surface area is 162 Å². The van der Waals surface area contributed by atoms with Crippen LogP contribution >= 0.6 is 0 Å². The number of anilines is 2. The van der Waals surface area contributed by atoms with Crippen LogP contribution < -0.4 is 29.7 Å². The first kappa shape index (κ1) is 18.0. The van der Waals surface area contributed by atoms with Crippen LogP contribution in [-0.2, 0) is 4.79 Å². The van der Waals surface area contributed by atoms with E-state index in [0.717, 1.165) is 0 Å². The molecule has 2 aromatic carbocycles. The molecule has 2 aliphatic heterocycles.